The molecule has 0 saturated heterocycles. The summed E-state index contributed by atoms with van der Waals surface area (Å²) in [4.78, 5) is 10.9. The first-order valence-electron chi connectivity index (χ1n) is 6.54. The van der Waals surface area contributed by atoms with Crippen molar-refractivity contribution in [2.45, 2.75) is 19.5 Å². The second-order valence-electron chi connectivity index (χ2n) is 4.79. The van der Waals surface area contributed by atoms with Crippen LogP contribution in [0.4, 0.5) is 5.82 Å². The Bertz CT molecular complexity index is 539. The lowest BCUT2D eigenvalue weighted by molar-refractivity contribution is 0.250. The zero-order valence-electron chi connectivity index (χ0n) is 12.0. The van der Waals surface area contributed by atoms with Gasteiger partial charge in [0.15, 0.2) is 0 Å². The Kier molecular flexibility index (Phi) is 4.93. The minimum atomic E-state index is 0.290. The Morgan fingerprint density at radius 3 is 2.45 bits per heavy atom. The molecule has 5 heteroatoms. The lowest BCUT2D eigenvalue weighted by atomic mass is 10.1. The lowest BCUT2D eigenvalue weighted by Crippen LogP contribution is -2.22. The predicted molar refractivity (Wildman–Crippen MR) is 82.9 cm³/mol. The van der Waals surface area contributed by atoms with Gasteiger partial charge in [0, 0.05) is 24.7 Å². The molecule has 1 N–H and O–H groups in total. The largest absolute Gasteiger partial charge is 0.372 e. The van der Waals surface area contributed by atoms with Gasteiger partial charge in [-0.15, -0.1) is 0 Å². The Morgan fingerprint density at radius 1 is 1.20 bits per heavy atom. The summed E-state index contributed by atoms with van der Waals surface area (Å²) in [7, 11) is 3.91. The molecule has 1 aromatic heterocycles. The SMILES string of the molecule is CNc1cnc(CN(C)C(C)c2ccc(Cl)cc2)cn1. The third kappa shape index (κ3) is 3.68. The number of nitrogens with zero attached hydrogens (tertiary/aromatic N) is 3. The maximum absolute atomic E-state index is 5.92. The van der Waals surface area contributed by atoms with Crippen LogP contribution < -0.4 is 5.32 Å². The number of benzene rings is 1. The van der Waals surface area contributed by atoms with E-state index in [-0.39, 0.29) is 6.04 Å². The molecule has 1 unspecified atom stereocenters. The molecule has 0 aliphatic carbocycles. The molecule has 0 amide bonds. The van der Waals surface area contributed by atoms with E-state index in [4.69, 9.17) is 11.6 Å². The van der Waals surface area contributed by atoms with Gasteiger partial charge in [-0.3, -0.25) is 9.88 Å². The standard InChI is InChI=1S/C15H19ClN4/c1-11(12-4-6-13(16)7-5-12)20(3)10-14-8-19-15(17-2)9-18-14/h4-9,11H,10H2,1-3H3,(H,17,19). The molecule has 1 heterocycles. The van der Waals surface area contributed by atoms with Crippen LogP contribution in [0.5, 0.6) is 0 Å². The highest BCUT2D eigenvalue weighted by Crippen LogP contribution is 2.21. The Labute approximate surface area is 124 Å². The van der Waals surface area contributed by atoms with Crippen molar-refractivity contribution < 1.29 is 0 Å². The molecule has 0 spiro atoms. The van der Waals surface area contributed by atoms with Gasteiger partial charge in [0.05, 0.1) is 18.1 Å². The summed E-state index contributed by atoms with van der Waals surface area (Å²) >= 11 is 5.92. The van der Waals surface area contributed by atoms with Crippen LogP contribution in [-0.4, -0.2) is 29.0 Å². The molecule has 0 radical (unpaired) electrons. The van der Waals surface area contributed by atoms with Crippen LogP contribution in [0.25, 0.3) is 0 Å². The molecule has 0 bridgehead atoms. The highest BCUT2D eigenvalue weighted by Gasteiger charge is 2.12. The van der Waals surface area contributed by atoms with E-state index >= 15 is 0 Å². The van der Waals surface area contributed by atoms with Gasteiger partial charge in [0.25, 0.3) is 0 Å². The molecule has 106 valence electrons. The third-order valence-corrected chi connectivity index (χ3v) is 3.64. The molecule has 0 aliphatic rings. The van der Waals surface area contributed by atoms with Crippen molar-refractivity contribution in [1.82, 2.24) is 14.9 Å². The number of halogens is 1. The summed E-state index contributed by atoms with van der Waals surface area (Å²) < 4.78 is 0. The van der Waals surface area contributed by atoms with Gasteiger partial charge in [-0.2, -0.15) is 0 Å². The summed E-state index contributed by atoms with van der Waals surface area (Å²) in [6.07, 6.45) is 3.55. The quantitative estimate of drug-likeness (QED) is 0.917. The van der Waals surface area contributed by atoms with Gasteiger partial charge in [-0.1, -0.05) is 23.7 Å². The fraction of sp³-hybridized carbons (Fsp3) is 0.333. The smallest absolute Gasteiger partial charge is 0.144 e. The van der Waals surface area contributed by atoms with Crippen molar-refractivity contribution in [2.75, 3.05) is 19.4 Å². The Morgan fingerprint density at radius 2 is 1.90 bits per heavy atom. The van der Waals surface area contributed by atoms with Crippen LogP contribution in [0.3, 0.4) is 0 Å². The number of anilines is 1. The van der Waals surface area contributed by atoms with E-state index in [1.807, 2.05) is 19.2 Å². The number of aromatic nitrogens is 2. The molecule has 0 saturated carbocycles. The fourth-order valence-corrected chi connectivity index (χ4v) is 2.08. The topological polar surface area (TPSA) is 41.1 Å². The van der Waals surface area contributed by atoms with Crippen LogP contribution in [0.15, 0.2) is 36.7 Å². The van der Waals surface area contributed by atoms with Crippen molar-refractivity contribution in [3.63, 3.8) is 0 Å². The van der Waals surface area contributed by atoms with E-state index in [2.05, 4.69) is 46.3 Å². The van der Waals surface area contributed by atoms with E-state index < -0.39 is 0 Å². The van der Waals surface area contributed by atoms with Crippen LogP contribution >= 0.6 is 11.6 Å². The minimum Gasteiger partial charge on any atom is -0.372 e. The van der Waals surface area contributed by atoms with Crippen LogP contribution in [0.2, 0.25) is 5.02 Å². The maximum Gasteiger partial charge on any atom is 0.144 e. The summed E-state index contributed by atoms with van der Waals surface area (Å²) in [5, 5.41) is 3.72. The van der Waals surface area contributed by atoms with Crippen LogP contribution in [0.1, 0.15) is 24.2 Å². The number of hydrogen-bond donors (Lipinski definition) is 1. The second kappa shape index (κ2) is 6.68. The van der Waals surface area contributed by atoms with Crippen molar-refractivity contribution in [3.05, 3.63) is 52.9 Å². The van der Waals surface area contributed by atoms with E-state index in [0.29, 0.717) is 0 Å². The van der Waals surface area contributed by atoms with Gasteiger partial charge in [-0.25, -0.2) is 4.98 Å². The normalized spacial score (nSPS) is 12.4. The van der Waals surface area contributed by atoms with E-state index in [1.54, 1.807) is 12.4 Å². The molecule has 2 aromatic rings. The first kappa shape index (κ1) is 14.8. The molecule has 1 aromatic carbocycles. The molecule has 0 fully saturated rings. The highest BCUT2D eigenvalue weighted by molar-refractivity contribution is 6.30. The van der Waals surface area contributed by atoms with Gasteiger partial charge >= 0.3 is 0 Å². The first-order valence-corrected chi connectivity index (χ1v) is 6.92. The summed E-state index contributed by atoms with van der Waals surface area (Å²) in [5.74, 6) is 0.780. The van der Waals surface area contributed by atoms with Crippen molar-refractivity contribution in [2.24, 2.45) is 0 Å². The summed E-state index contributed by atoms with van der Waals surface area (Å²) in [6.45, 7) is 2.92. The van der Waals surface area contributed by atoms with Gasteiger partial charge in [-0.05, 0) is 31.7 Å². The minimum absolute atomic E-state index is 0.290. The molecular formula is C15H19ClN4. The van der Waals surface area contributed by atoms with Crippen LogP contribution in [0, 0.1) is 0 Å². The highest BCUT2D eigenvalue weighted by atomic mass is 35.5. The van der Waals surface area contributed by atoms with E-state index in [0.717, 1.165) is 23.1 Å². The predicted octanol–water partition coefficient (Wildman–Crippen LogP) is 3.36. The van der Waals surface area contributed by atoms with Gasteiger partial charge < -0.3 is 5.32 Å². The number of hydrogen-bond acceptors (Lipinski definition) is 4. The average molecular weight is 291 g/mol. The zero-order chi connectivity index (χ0) is 14.5. The lowest BCUT2D eigenvalue weighted by Gasteiger charge is -2.24. The summed E-state index contributed by atoms with van der Waals surface area (Å²) in [5.41, 5.74) is 2.18. The van der Waals surface area contributed by atoms with Gasteiger partial charge in [0.1, 0.15) is 5.82 Å². The second-order valence-corrected chi connectivity index (χ2v) is 5.22. The van der Waals surface area contributed by atoms with E-state index in [1.165, 1.54) is 5.56 Å². The van der Waals surface area contributed by atoms with Crippen molar-refractivity contribution >= 4 is 17.4 Å². The Hall–Kier alpha value is -1.65. The number of rotatable bonds is 5. The monoisotopic (exact) mass is 290 g/mol. The Balaban J connectivity index is 2.02. The van der Waals surface area contributed by atoms with E-state index in [9.17, 15) is 0 Å². The average Bonchev–Trinajstić information content (AvgIpc) is 2.48. The van der Waals surface area contributed by atoms with Gasteiger partial charge in [0.2, 0.25) is 0 Å². The molecular weight excluding hydrogens is 272 g/mol. The van der Waals surface area contributed by atoms with Crippen molar-refractivity contribution in [1.29, 1.82) is 0 Å². The first-order chi connectivity index (χ1) is 9.60. The molecule has 2 rings (SSSR count). The zero-order valence-corrected chi connectivity index (χ0v) is 12.7. The molecule has 1 atom stereocenters. The maximum atomic E-state index is 5.92. The number of nitrogens with one attached hydrogen (secondary N) is 1. The summed E-state index contributed by atoms with van der Waals surface area (Å²) in [6, 6.07) is 8.24. The molecule has 0 aliphatic heterocycles. The fourth-order valence-electron chi connectivity index (χ4n) is 1.95. The molecule has 4 nitrogen and oxygen atoms in total. The molecule has 20 heavy (non-hydrogen) atoms. The van der Waals surface area contributed by atoms with Crippen molar-refractivity contribution in [3.8, 4) is 0 Å². The third-order valence-electron chi connectivity index (χ3n) is 3.39. The van der Waals surface area contributed by atoms with Crippen LogP contribution in [-0.2, 0) is 6.54 Å².